The molecule has 0 bridgehead atoms. The summed E-state index contributed by atoms with van der Waals surface area (Å²) in [5.74, 6) is 0.380. The van der Waals surface area contributed by atoms with Gasteiger partial charge in [-0.25, -0.2) is 4.98 Å². The zero-order valence-electron chi connectivity index (χ0n) is 12.5. The molecule has 1 atom stereocenters. The number of rotatable bonds is 3. The standard InChI is InChI=1S/C16H21BrN2O/c1-11-15(20)19(10-12(9-17)16(2,3)4)14-8-6-5-7-13(14)18-11/h5-8,12H,9-10H2,1-4H3. The smallest absolute Gasteiger partial charge is 0.272 e. The third-order valence-electron chi connectivity index (χ3n) is 3.83. The summed E-state index contributed by atoms with van der Waals surface area (Å²) in [7, 11) is 0. The summed E-state index contributed by atoms with van der Waals surface area (Å²) in [6.07, 6.45) is 0. The Morgan fingerprint density at radius 3 is 2.55 bits per heavy atom. The first kappa shape index (κ1) is 15.2. The lowest BCUT2D eigenvalue weighted by atomic mass is 9.82. The van der Waals surface area contributed by atoms with E-state index >= 15 is 0 Å². The van der Waals surface area contributed by atoms with Crippen molar-refractivity contribution in [2.75, 3.05) is 5.33 Å². The van der Waals surface area contributed by atoms with Gasteiger partial charge in [0.05, 0.1) is 11.0 Å². The average molecular weight is 337 g/mol. The molecule has 0 spiro atoms. The van der Waals surface area contributed by atoms with Gasteiger partial charge in [-0.1, -0.05) is 48.8 Å². The molecular formula is C16H21BrN2O. The number of halogens is 1. The number of hydrogen-bond acceptors (Lipinski definition) is 2. The van der Waals surface area contributed by atoms with E-state index in [4.69, 9.17) is 0 Å². The Bertz CT molecular complexity index is 670. The van der Waals surface area contributed by atoms with Crippen molar-refractivity contribution in [2.24, 2.45) is 11.3 Å². The SMILES string of the molecule is Cc1nc2ccccc2n(CC(CBr)C(C)(C)C)c1=O. The molecule has 1 unspecified atom stereocenters. The maximum absolute atomic E-state index is 12.4. The Kier molecular flexibility index (Phi) is 4.33. The molecule has 0 radical (unpaired) electrons. The van der Waals surface area contributed by atoms with Gasteiger partial charge in [0.15, 0.2) is 0 Å². The number of benzene rings is 1. The number of fused-ring (bicyclic) bond motifs is 1. The third kappa shape index (κ3) is 2.95. The minimum absolute atomic E-state index is 0.0129. The molecule has 108 valence electrons. The number of aromatic nitrogens is 2. The van der Waals surface area contributed by atoms with Crippen LogP contribution in [0.2, 0.25) is 0 Å². The molecule has 0 fully saturated rings. The summed E-state index contributed by atoms with van der Waals surface area (Å²) in [5, 5.41) is 0.874. The van der Waals surface area contributed by atoms with Crippen LogP contribution in [0.5, 0.6) is 0 Å². The maximum atomic E-state index is 12.4. The van der Waals surface area contributed by atoms with Gasteiger partial charge < -0.3 is 4.57 Å². The first-order valence-electron chi connectivity index (χ1n) is 6.86. The van der Waals surface area contributed by atoms with Crippen molar-refractivity contribution >= 4 is 27.0 Å². The summed E-state index contributed by atoms with van der Waals surface area (Å²) in [4.78, 5) is 16.8. The van der Waals surface area contributed by atoms with E-state index in [0.717, 1.165) is 16.4 Å². The average Bonchev–Trinajstić information content (AvgIpc) is 2.38. The van der Waals surface area contributed by atoms with Crippen LogP contribution >= 0.6 is 15.9 Å². The number of aryl methyl sites for hydroxylation is 1. The van der Waals surface area contributed by atoms with E-state index in [0.29, 0.717) is 18.2 Å². The zero-order valence-corrected chi connectivity index (χ0v) is 14.1. The van der Waals surface area contributed by atoms with Crippen LogP contribution in [0.4, 0.5) is 0 Å². The second-order valence-corrected chi connectivity index (χ2v) is 6.97. The molecule has 1 aromatic heterocycles. The lowest BCUT2D eigenvalue weighted by Crippen LogP contribution is -2.33. The Morgan fingerprint density at radius 1 is 1.30 bits per heavy atom. The molecule has 3 nitrogen and oxygen atoms in total. The van der Waals surface area contributed by atoms with Gasteiger partial charge in [-0.3, -0.25) is 4.79 Å². The minimum Gasteiger partial charge on any atom is -0.305 e. The van der Waals surface area contributed by atoms with Crippen molar-refractivity contribution in [3.63, 3.8) is 0 Å². The van der Waals surface area contributed by atoms with E-state index in [1.807, 2.05) is 28.8 Å². The zero-order chi connectivity index (χ0) is 14.9. The highest BCUT2D eigenvalue weighted by molar-refractivity contribution is 9.09. The molecule has 4 heteroatoms. The quantitative estimate of drug-likeness (QED) is 0.800. The third-order valence-corrected chi connectivity index (χ3v) is 4.61. The number of para-hydroxylation sites is 2. The highest BCUT2D eigenvalue weighted by atomic mass is 79.9. The van der Waals surface area contributed by atoms with Crippen LogP contribution in [0.15, 0.2) is 29.1 Å². The maximum Gasteiger partial charge on any atom is 0.272 e. The number of hydrogen-bond donors (Lipinski definition) is 0. The predicted molar refractivity (Wildman–Crippen MR) is 87.5 cm³/mol. The van der Waals surface area contributed by atoms with Crippen molar-refractivity contribution in [1.82, 2.24) is 9.55 Å². The minimum atomic E-state index is 0.0129. The second kappa shape index (κ2) is 5.68. The molecule has 2 rings (SSSR count). The summed E-state index contributed by atoms with van der Waals surface area (Å²) in [6, 6.07) is 7.83. The van der Waals surface area contributed by atoms with E-state index < -0.39 is 0 Å². The van der Waals surface area contributed by atoms with Gasteiger partial charge in [-0.15, -0.1) is 0 Å². The molecule has 0 aliphatic heterocycles. The monoisotopic (exact) mass is 336 g/mol. The molecule has 0 saturated carbocycles. The summed E-state index contributed by atoms with van der Waals surface area (Å²) < 4.78 is 1.87. The summed E-state index contributed by atoms with van der Waals surface area (Å²) in [5.41, 5.74) is 2.51. The molecule has 0 aliphatic rings. The van der Waals surface area contributed by atoms with Crippen LogP contribution in [-0.2, 0) is 6.54 Å². The highest BCUT2D eigenvalue weighted by Gasteiger charge is 2.25. The number of alkyl halides is 1. The van der Waals surface area contributed by atoms with Crippen LogP contribution < -0.4 is 5.56 Å². The molecule has 20 heavy (non-hydrogen) atoms. The fraction of sp³-hybridized carbons (Fsp3) is 0.500. The Hall–Kier alpha value is -1.16. The number of nitrogens with zero attached hydrogens (tertiary/aromatic N) is 2. The Labute approximate surface area is 128 Å². The Morgan fingerprint density at radius 2 is 1.95 bits per heavy atom. The van der Waals surface area contributed by atoms with Crippen molar-refractivity contribution in [1.29, 1.82) is 0 Å². The van der Waals surface area contributed by atoms with Crippen molar-refractivity contribution in [2.45, 2.75) is 34.2 Å². The molecule has 1 heterocycles. The molecule has 2 aromatic rings. The van der Waals surface area contributed by atoms with Crippen LogP contribution in [0, 0.1) is 18.3 Å². The van der Waals surface area contributed by atoms with Crippen LogP contribution in [0.3, 0.4) is 0 Å². The fourth-order valence-corrected chi connectivity index (χ4v) is 3.45. The normalized spacial score (nSPS) is 13.7. The van der Waals surface area contributed by atoms with Crippen molar-refractivity contribution < 1.29 is 0 Å². The van der Waals surface area contributed by atoms with E-state index in [1.54, 1.807) is 6.92 Å². The molecule has 0 aliphatic carbocycles. The van der Waals surface area contributed by atoms with Gasteiger partial charge in [0.25, 0.3) is 5.56 Å². The van der Waals surface area contributed by atoms with Gasteiger partial charge in [-0.05, 0) is 30.4 Å². The molecular weight excluding hydrogens is 316 g/mol. The predicted octanol–water partition coefficient (Wildman–Crippen LogP) is 3.76. The van der Waals surface area contributed by atoms with E-state index in [-0.39, 0.29) is 11.0 Å². The molecule has 0 N–H and O–H groups in total. The fourth-order valence-electron chi connectivity index (χ4n) is 2.28. The Balaban J connectivity index is 2.58. The topological polar surface area (TPSA) is 34.9 Å². The van der Waals surface area contributed by atoms with Crippen LogP contribution in [0.1, 0.15) is 26.5 Å². The van der Waals surface area contributed by atoms with E-state index in [9.17, 15) is 4.79 Å². The van der Waals surface area contributed by atoms with Crippen LogP contribution in [0.25, 0.3) is 11.0 Å². The van der Waals surface area contributed by atoms with E-state index in [1.165, 1.54) is 0 Å². The first-order valence-corrected chi connectivity index (χ1v) is 7.99. The van der Waals surface area contributed by atoms with Gasteiger partial charge >= 0.3 is 0 Å². The lowest BCUT2D eigenvalue weighted by molar-refractivity contribution is 0.239. The van der Waals surface area contributed by atoms with Gasteiger partial charge in [0, 0.05) is 11.9 Å². The molecule has 1 aromatic carbocycles. The molecule has 0 saturated heterocycles. The lowest BCUT2D eigenvalue weighted by Gasteiger charge is -2.30. The van der Waals surface area contributed by atoms with Gasteiger partial charge in [-0.2, -0.15) is 0 Å². The van der Waals surface area contributed by atoms with Crippen molar-refractivity contribution in [3.05, 3.63) is 40.3 Å². The van der Waals surface area contributed by atoms with Crippen LogP contribution in [-0.4, -0.2) is 14.9 Å². The second-order valence-electron chi connectivity index (χ2n) is 6.32. The first-order chi connectivity index (χ1) is 9.34. The molecule has 0 amide bonds. The summed E-state index contributed by atoms with van der Waals surface area (Å²) in [6.45, 7) is 9.11. The highest BCUT2D eigenvalue weighted by Crippen LogP contribution is 2.29. The van der Waals surface area contributed by atoms with Gasteiger partial charge in [0.1, 0.15) is 5.69 Å². The van der Waals surface area contributed by atoms with Crippen molar-refractivity contribution in [3.8, 4) is 0 Å². The van der Waals surface area contributed by atoms with Gasteiger partial charge in [0.2, 0.25) is 0 Å². The largest absolute Gasteiger partial charge is 0.305 e. The summed E-state index contributed by atoms with van der Waals surface area (Å²) >= 11 is 3.59. The van der Waals surface area contributed by atoms with E-state index in [2.05, 4.69) is 41.7 Å².